The molecule has 0 aliphatic heterocycles. The Balaban J connectivity index is 0.00000312. The number of para-hydroxylation sites is 1. The largest absolute Gasteiger partial charge is 0.493 e. The van der Waals surface area contributed by atoms with Crippen LogP contribution in [0.3, 0.4) is 0 Å². The summed E-state index contributed by atoms with van der Waals surface area (Å²) in [4.78, 5) is 13.9. The lowest BCUT2D eigenvalue weighted by molar-refractivity contribution is -0.129. The highest BCUT2D eigenvalue weighted by Crippen LogP contribution is 2.17. The number of ether oxygens (including phenoxy) is 1. The zero-order valence-corrected chi connectivity index (χ0v) is 15.9. The molecule has 0 aliphatic carbocycles. The fourth-order valence-corrected chi connectivity index (χ4v) is 2.55. The van der Waals surface area contributed by atoms with Gasteiger partial charge in [0.15, 0.2) is 0 Å². The summed E-state index contributed by atoms with van der Waals surface area (Å²) in [7, 11) is 1.82. The maximum atomic E-state index is 12.2. The van der Waals surface area contributed by atoms with Gasteiger partial charge in [0.25, 0.3) is 0 Å². The van der Waals surface area contributed by atoms with Crippen LogP contribution in [0.25, 0.3) is 0 Å². The van der Waals surface area contributed by atoms with Crippen LogP contribution >= 0.6 is 24.0 Å². The molecule has 0 atom stereocenters. The SMILES string of the molecule is CN(CCCOc1cccc(Cl)c1)C(=O)CCc1ccccc1N.Cl. The van der Waals surface area contributed by atoms with E-state index in [0.717, 1.165) is 23.4 Å². The van der Waals surface area contributed by atoms with Gasteiger partial charge in [-0.3, -0.25) is 4.79 Å². The van der Waals surface area contributed by atoms with Gasteiger partial charge in [-0.05, 0) is 42.7 Å². The molecule has 2 aromatic carbocycles. The number of hydrogen-bond donors (Lipinski definition) is 1. The zero-order valence-electron chi connectivity index (χ0n) is 14.3. The minimum Gasteiger partial charge on any atom is -0.493 e. The highest BCUT2D eigenvalue weighted by atomic mass is 35.5. The molecule has 2 rings (SSSR count). The molecule has 25 heavy (non-hydrogen) atoms. The van der Waals surface area contributed by atoms with Gasteiger partial charge in [0, 0.05) is 30.7 Å². The summed E-state index contributed by atoms with van der Waals surface area (Å²) in [6, 6.07) is 15.0. The topological polar surface area (TPSA) is 55.6 Å². The number of amides is 1. The number of benzene rings is 2. The molecule has 1 amide bonds. The molecule has 0 heterocycles. The molecule has 0 aromatic heterocycles. The van der Waals surface area contributed by atoms with Crippen LogP contribution < -0.4 is 10.5 Å². The van der Waals surface area contributed by atoms with Gasteiger partial charge in [0.2, 0.25) is 5.91 Å². The summed E-state index contributed by atoms with van der Waals surface area (Å²) >= 11 is 5.90. The molecular weight excluding hydrogens is 359 g/mol. The summed E-state index contributed by atoms with van der Waals surface area (Å²) < 4.78 is 5.62. The number of rotatable bonds is 8. The summed E-state index contributed by atoms with van der Waals surface area (Å²) in [6.45, 7) is 1.20. The predicted molar refractivity (Wildman–Crippen MR) is 106 cm³/mol. The Hall–Kier alpha value is -1.91. The van der Waals surface area contributed by atoms with Crippen molar-refractivity contribution in [1.82, 2.24) is 4.90 Å². The Labute approximate surface area is 160 Å². The number of nitrogens with two attached hydrogens (primary N) is 1. The molecule has 0 saturated carbocycles. The minimum absolute atomic E-state index is 0. The Morgan fingerprint density at radius 3 is 2.68 bits per heavy atom. The van der Waals surface area contributed by atoms with Crippen LogP contribution in [0.4, 0.5) is 5.69 Å². The molecule has 6 heteroatoms. The highest BCUT2D eigenvalue weighted by Gasteiger charge is 2.09. The van der Waals surface area contributed by atoms with Crippen LogP contribution in [-0.2, 0) is 11.2 Å². The molecular formula is C19H24Cl2N2O2. The summed E-state index contributed by atoms with van der Waals surface area (Å²) in [5.41, 5.74) is 7.65. The Morgan fingerprint density at radius 1 is 1.20 bits per heavy atom. The zero-order chi connectivity index (χ0) is 17.4. The number of hydrogen-bond acceptors (Lipinski definition) is 3. The van der Waals surface area contributed by atoms with E-state index in [1.165, 1.54) is 0 Å². The third-order valence-electron chi connectivity index (χ3n) is 3.79. The standard InChI is InChI=1S/C19H23ClN2O2.ClH/c1-22(12-5-13-24-17-8-4-7-16(20)14-17)19(23)11-10-15-6-2-3-9-18(15)21;/h2-4,6-9,14H,5,10-13,21H2,1H3;1H. The average Bonchev–Trinajstić information content (AvgIpc) is 2.57. The van der Waals surface area contributed by atoms with Crippen LogP contribution in [0.15, 0.2) is 48.5 Å². The van der Waals surface area contributed by atoms with E-state index in [9.17, 15) is 4.79 Å². The number of carbonyl (C=O) groups is 1. The van der Waals surface area contributed by atoms with Gasteiger partial charge < -0.3 is 15.4 Å². The first kappa shape index (κ1) is 21.1. The monoisotopic (exact) mass is 382 g/mol. The van der Waals surface area contributed by atoms with Crippen molar-refractivity contribution in [3.05, 3.63) is 59.1 Å². The maximum Gasteiger partial charge on any atom is 0.222 e. The van der Waals surface area contributed by atoms with Crippen molar-refractivity contribution in [3.8, 4) is 5.75 Å². The van der Waals surface area contributed by atoms with Crippen LogP contribution in [0, 0.1) is 0 Å². The number of nitrogens with zero attached hydrogens (tertiary/aromatic N) is 1. The number of nitrogen functional groups attached to an aromatic ring is 1. The lowest BCUT2D eigenvalue weighted by atomic mass is 10.1. The molecule has 0 saturated heterocycles. The molecule has 136 valence electrons. The summed E-state index contributed by atoms with van der Waals surface area (Å²) in [5, 5.41) is 0.653. The normalized spacial score (nSPS) is 10.0. The van der Waals surface area contributed by atoms with E-state index >= 15 is 0 Å². The predicted octanol–water partition coefficient (Wildman–Crippen LogP) is 4.20. The highest BCUT2D eigenvalue weighted by molar-refractivity contribution is 6.30. The van der Waals surface area contributed by atoms with Crippen LogP contribution in [0.1, 0.15) is 18.4 Å². The fraction of sp³-hybridized carbons (Fsp3) is 0.316. The molecule has 0 fully saturated rings. The van der Waals surface area contributed by atoms with Gasteiger partial charge in [-0.1, -0.05) is 35.9 Å². The minimum atomic E-state index is 0. The first-order chi connectivity index (χ1) is 11.6. The van der Waals surface area contributed by atoms with Gasteiger partial charge in [-0.15, -0.1) is 12.4 Å². The van der Waals surface area contributed by atoms with Crippen LogP contribution in [0.5, 0.6) is 5.75 Å². The number of halogens is 2. The first-order valence-corrected chi connectivity index (χ1v) is 8.40. The van der Waals surface area contributed by atoms with Crippen molar-refractivity contribution < 1.29 is 9.53 Å². The van der Waals surface area contributed by atoms with Crippen LogP contribution in [-0.4, -0.2) is 31.0 Å². The third kappa shape index (κ3) is 7.24. The summed E-state index contributed by atoms with van der Waals surface area (Å²) in [5.74, 6) is 0.858. The first-order valence-electron chi connectivity index (χ1n) is 8.02. The molecule has 0 aliphatic rings. The third-order valence-corrected chi connectivity index (χ3v) is 4.03. The average molecular weight is 383 g/mol. The van der Waals surface area contributed by atoms with Crippen molar-refractivity contribution >= 4 is 35.6 Å². The molecule has 2 N–H and O–H groups in total. The molecule has 0 bridgehead atoms. The van der Waals surface area contributed by atoms with Gasteiger partial charge in [-0.2, -0.15) is 0 Å². The van der Waals surface area contributed by atoms with Crippen molar-refractivity contribution in [2.45, 2.75) is 19.3 Å². The Morgan fingerprint density at radius 2 is 1.96 bits per heavy atom. The quantitative estimate of drug-likeness (QED) is 0.549. The van der Waals surface area contributed by atoms with E-state index < -0.39 is 0 Å². The number of anilines is 1. The van der Waals surface area contributed by atoms with Crippen molar-refractivity contribution in [2.24, 2.45) is 0 Å². The van der Waals surface area contributed by atoms with Crippen molar-refractivity contribution in [2.75, 3.05) is 25.9 Å². The lowest BCUT2D eigenvalue weighted by Gasteiger charge is -2.17. The smallest absolute Gasteiger partial charge is 0.222 e. The van der Waals surface area contributed by atoms with E-state index in [4.69, 9.17) is 22.1 Å². The van der Waals surface area contributed by atoms with Crippen LogP contribution in [0.2, 0.25) is 5.02 Å². The van der Waals surface area contributed by atoms with E-state index in [-0.39, 0.29) is 18.3 Å². The molecule has 0 radical (unpaired) electrons. The van der Waals surface area contributed by atoms with Crippen molar-refractivity contribution in [3.63, 3.8) is 0 Å². The van der Waals surface area contributed by atoms with Gasteiger partial charge in [0.05, 0.1) is 6.61 Å². The molecule has 4 nitrogen and oxygen atoms in total. The molecule has 2 aromatic rings. The van der Waals surface area contributed by atoms with E-state index in [0.29, 0.717) is 31.0 Å². The number of carbonyl (C=O) groups excluding carboxylic acids is 1. The number of aryl methyl sites for hydroxylation is 1. The summed E-state index contributed by atoms with van der Waals surface area (Å²) in [6.07, 6.45) is 1.89. The molecule has 0 unspecified atom stereocenters. The van der Waals surface area contributed by atoms with Crippen molar-refractivity contribution in [1.29, 1.82) is 0 Å². The second kappa shape index (κ2) is 10.9. The van der Waals surface area contributed by atoms with E-state index in [2.05, 4.69) is 0 Å². The van der Waals surface area contributed by atoms with Gasteiger partial charge >= 0.3 is 0 Å². The van der Waals surface area contributed by atoms with E-state index in [1.807, 2.05) is 43.4 Å². The van der Waals surface area contributed by atoms with Gasteiger partial charge in [-0.25, -0.2) is 0 Å². The Bertz CT molecular complexity index is 680. The molecule has 0 spiro atoms. The second-order valence-corrected chi connectivity index (χ2v) is 6.11. The van der Waals surface area contributed by atoms with Gasteiger partial charge in [0.1, 0.15) is 5.75 Å². The maximum absolute atomic E-state index is 12.2. The van der Waals surface area contributed by atoms with E-state index in [1.54, 1.807) is 17.0 Å². The lowest BCUT2D eigenvalue weighted by Crippen LogP contribution is -2.28. The Kier molecular flexibility index (Phi) is 9.17. The second-order valence-electron chi connectivity index (χ2n) is 5.67. The fourth-order valence-electron chi connectivity index (χ4n) is 2.37.